The van der Waals surface area contributed by atoms with Crippen molar-refractivity contribution in [1.82, 2.24) is 29.5 Å². The van der Waals surface area contributed by atoms with Crippen LogP contribution in [0.5, 0.6) is 0 Å². The van der Waals surface area contributed by atoms with Crippen LogP contribution in [0.2, 0.25) is 36.3 Å². The average Bonchev–Trinajstić information content (AvgIpc) is 3.50. The predicted octanol–water partition coefficient (Wildman–Crippen LogP) is 4.94. The number of ether oxygens (including phenoxy) is 1. The lowest BCUT2D eigenvalue weighted by Gasteiger charge is -2.40. The second-order valence-electron chi connectivity index (χ2n) is 14.2. The molecule has 13 heteroatoms. The van der Waals surface area contributed by atoms with E-state index in [9.17, 15) is 9.59 Å². The van der Waals surface area contributed by atoms with Crippen LogP contribution in [0.3, 0.4) is 0 Å². The van der Waals surface area contributed by atoms with Gasteiger partial charge in [-0.2, -0.15) is 0 Å². The SMILES string of the molecule is CC(C)(C)[Si](C)(C)OC[C@H]1O[C@@H](n2cc(Cn3cc(-c4cccnc4)nn3)c(=O)[nH]c2=O)C[C@@H]1O[Si](C)(C)C(C)(C)C. The Labute approximate surface area is 249 Å². The third-order valence-corrected chi connectivity index (χ3v) is 18.0. The first kappa shape index (κ1) is 32.2. The maximum atomic E-state index is 13.1. The molecule has 0 unspecified atom stereocenters. The van der Waals surface area contributed by atoms with Crippen molar-refractivity contribution < 1.29 is 13.6 Å². The molecule has 0 aromatic carbocycles. The van der Waals surface area contributed by atoms with Crippen molar-refractivity contribution in [2.75, 3.05) is 6.61 Å². The Bertz CT molecular complexity index is 1490. The molecule has 3 aromatic rings. The van der Waals surface area contributed by atoms with Crippen molar-refractivity contribution in [3.63, 3.8) is 0 Å². The first-order valence-corrected chi connectivity index (χ1v) is 20.3. The Balaban J connectivity index is 1.60. The highest BCUT2D eigenvalue weighted by Gasteiger charge is 2.46. The lowest BCUT2D eigenvalue weighted by molar-refractivity contribution is -0.0413. The summed E-state index contributed by atoms with van der Waals surface area (Å²) in [5.41, 5.74) is 0.826. The number of rotatable bonds is 9. The summed E-state index contributed by atoms with van der Waals surface area (Å²) in [7, 11) is -4.21. The second-order valence-corrected chi connectivity index (χ2v) is 23.8. The van der Waals surface area contributed by atoms with Crippen LogP contribution in [-0.4, -0.2) is 65.0 Å². The molecule has 4 heterocycles. The van der Waals surface area contributed by atoms with Crippen LogP contribution in [0.1, 0.15) is 59.8 Å². The molecular weight excluding hydrogens is 569 g/mol. The fourth-order valence-electron chi connectivity index (χ4n) is 4.26. The van der Waals surface area contributed by atoms with Crippen LogP contribution < -0.4 is 11.2 Å². The summed E-state index contributed by atoms with van der Waals surface area (Å²) in [4.78, 5) is 32.4. The van der Waals surface area contributed by atoms with Gasteiger partial charge in [0.15, 0.2) is 16.6 Å². The van der Waals surface area contributed by atoms with Gasteiger partial charge in [0.05, 0.1) is 31.0 Å². The first-order valence-electron chi connectivity index (χ1n) is 14.5. The van der Waals surface area contributed by atoms with E-state index in [-0.39, 0.29) is 28.8 Å². The third kappa shape index (κ3) is 7.08. The number of aromatic amines is 1. The number of pyridine rings is 1. The summed E-state index contributed by atoms with van der Waals surface area (Å²) >= 11 is 0. The van der Waals surface area contributed by atoms with E-state index in [2.05, 4.69) is 88.0 Å². The summed E-state index contributed by atoms with van der Waals surface area (Å²) in [6, 6.07) is 3.71. The van der Waals surface area contributed by atoms with E-state index >= 15 is 0 Å². The van der Waals surface area contributed by atoms with Gasteiger partial charge in [-0.3, -0.25) is 19.3 Å². The van der Waals surface area contributed by atoms with Gasteiger partial charge in [0.1, 0.15) is 18.0 Å². The minimum absolute atomic E-state index is 0.00435. The molecule has 0 saturated carbocycles. The lowest BCUT2D eigenvalue weighted by atomic mass is 10.2. The number of nitrogens with one attached hydrogen (secondary N) is 1. The molecule has 1 aliphatic rings. The molecular formula is C29H46N6O5Si2. The molecule has 1 fully saturated rings. The number of hydrogen-bond acceptors (Lipinski definition) is 8. The average molecular weight is 615 g/mol. The maximum Gasteiger partial charge on any atom is 0.330 e. The van der Waals surface area contributed by atoms with Crippen LogP contribution >= 0.6 is 0 Å². The van der Waals surface area contributed by atoms with Gasteiger partial charge in [-0.25, -0.2) is 9.48 Å². The van der Waals surface area contributed by atoms with Gasteiger partial charge in [0, 0.05) is 30.6 Å². The Hall–Kier alpha value is -2.72. The lowest BCUT2D eigenvalue weighted by Crippen LogP contribution is -2.48. The Morgan fingerprint density at radius 2 is 1.74 bits per heavy atom. The number of nitrogens with zero attached hydrogens (tertiary/aromatic N) is 5. The highest BCUT2D eigenvalue weighted by Crippen LogP contribution is 2.42. The van der Waals surface area contributed by atoms with Crippen LogP contribution in [0.4, 0.5) is 0 Å². The molecule has 0 bridgehead atoms. The molecule has 42 heavy (non-hydrogen) atoms. The fourth-order valence-corrected chi connectivity index (χ4v) is 6.63. The number of hydrogen-bond donors (Lipinski definition) is 1. The molecule has 1 aliphatic heterocycles. The standard InChI is InChI=1S/C29H46N6O5Si2/c1-28(2,3)41(7,8)38-19-24-23(40-42(9,10)29(4,5)6)14-25(39-24)35-17-21(26(36)31-27(35)37)16-34-18-22(32-33-34)20-12-11-13-30-15-20/h11-13,15,17-18,23-25H,14,16,19H2,1-10H3,(H,31,36,37)/t23-,24+,25+/m0/s1. The smallest absolute Gasteiger partial charge is 0.330 e. The van der Waals surface area contributed by atoms with E-state index in [0.29, 0.717) is 24.3 Å². The minimum Gasteiger partial charge on any atom is -0.414 e. The molecule has 0 amide bonds. The van der Waals surface area contributed by atoms with E-state index in [1.54, 1.807) is 29.5 Å². The molecule has 0 radical (unpaired) electrons. The molecule has 0 spiro atoms. The third-order valence-electron chi connectivity index (χ3n) is 9.03. The topological polar surface area (TPSA) is 126 Å². The zero-order valence-corrected chi connectivity index (χ0v) is 28.6. The molecule has 3 aromatic heterocycles. The van der Waals surface area contributed by atoms with E-state index in [0.717, 1.165) is 5.56 Å². The van der Waals surface area contributed by atoms with E-state index in [1.807, 2.05) is 12.1 Å². The zero-order chi connectivity index (χ0) is 31.1. The molecule has 1 N–H and O–H groups in total. The largest absolute Gasteiger partial charge is 0.414 e. The monoisotopic (exact) mass is 614 g/mol. The Kier molecular flexibility index (Phi) is 9.01. The van der Waals surface area contributed by atoms with E-state index in [4.69, 9.17) is 13.6 Å². The van der Waals surface area contributed by atoms with Gasteiger partial charge in [-0.1, -0.05) is 46.8 Å². The molecule has 230 valence electrons. The van der Waals surface area contributed by atoms with Gasteiger partial charge >= 0.3 is 5.69 Å². The second kappa shape index (κ2) is 11.8. The molecule has 11 nitrogen and oxygen atoms in total. The van der Waals surface area contributed by atoms with Crippen LogP contribution in [0.15, 0.2) is 46.5 Å². The van der Waals surface area contributed by atoms with Crippen molar-refractivity contribution in [2.45, 2.75) is 109 Å². The Morgan fingerprint density at radius 3 is 2.36 bits per heavy atom. The number of aromatic nitrogens is 6. The van der Waals surface area contributed by atoms with E-state index < -0.39 is 34.1 Å². The molecule has 4 rings (SSSR count). The van der Waals surface area contributed by atoms with Crippen molar-refractivity contribution in [3.8, 4) is 11.3 Å². The van der Waals surface area contributed by atoms with Gasteiger partial charge in [0.2, 0.25) is 0 Å². The fraction of sp³-hybridized carbons (Fsp3) is 0.621. The number of H-pyrrole nitrogens is 1. The van der Waals surface area contributed by atoms with Gasteiger partial charge in [-0.15, -0.1) is 5.10 Å². The Morgan fingerprint density at radius 1 is 1.05 bits per heavy atom. The van der Waals surface area contributed by atoms with Gasteiger partial charge in [0.25, 0.3) is 5.56 Å². The predicted molar refractivity (Wildman–Crippen MR) is 167 cm³/mol. The highest BCUT2D eigenvalue weighted by molar-refractivity contribution is 6.74. The normalized spacial score (nSPS) is 20.3. The van der Waals surface area contributed by atoms with Gasteiger partial charge in [-0.05, 0) is 48.4 Å². The summed E-state index contributed by atoms with van der Waals surface area (Å²) < 4.78 is 22.9. The maximum absolute atomic E-state index is 13.1. The molecule has 1 saturated heterocycles. The van der Waals surface area contributed by atoms with Crippen molar-refractivity contribution in [3.05, 3.63) is 63.3 Å². The minimum atomic E-state index is -2.16. The quantitative estimate of drug-likeness (QED) is 0.336. The zero-order valence-electron chi connectivity index (χ0n) is 26.6. The van der Waals surface area contributed by atoms with Crippen LogP contribution in [-0.2, 0) is 20.1 Å². The summed E-state index contributed by atoms with van der Waals surface area (Å²) in [6.45, 7) is 22.6. The summed E-state index contributed by atoms with van der Waals surface area (Å²) in [5, 5.41) is 8.43. The molecule has 0 aliphatic carbocycles. The highest BCUT2D eigenvalue weighted by atomic mass is 28.4. The van der Waals surface area contributed by atoms with E-state index in [1.165, 1.54) is 4.57 Å². The molecule has 3 atom stereocenters. The van der Waals surface area contributed by atoms with Crippen LogP contribution in [0, 0.1) is 0 Å². The van der Waals surface area contributed by atoms with Crippen LogP contribution in [0.25, 0.3) is 11.3 Å². The van der Waals surface area contributed by atoms with Crippen molar-refractivity contribution >= 4 is 16.6 Å². The van der Waals surface area contributed by atoms with Crippen molar-refractivity contribution in [2.24, 2.45) is 0 Å². The summed E-state index contributed by atoms with van der Waals surface area (Å²) in [5.74, 6) is 0. The van der Waals surface area contributed by atoms with Crippen molar-refractivity contribution in [1.29, 1.82) is 0 Å². The summed E-state index contributed by atoms with van der Waals surface area (Å²) in [6.07, 6.45) is 5.96. The van der Waals surface area contributed by atoms with Gasteiger partial charge < -0.3 is 13.6 Å². The first-order chi connectivity index (χ1) is 19.4.